The number of hydrogen-bond acceptors (Lipinski definition) is 5. The number of nitro groups is 1. The van der Waals surface area contributed by atoms with Gasteiger partial charge in [0, 0.05) is 19.7 Å². The molecule has 0 aliphatic heterocycles. The summed E-state index contributed by atoms with van der Waals surface area (Å²) in [5, 5.41) is 10.6. The van der Waals surface area contributed by atoms with Gasteiger partial charge in [0.05, 0.1) is 16.2 Å². The minimum Gasteiger partial charge on any atom is -0.393 e. The summed E-state index contributed by atoms with van der Waals surface area (Å²) in [4.78, 5) is 9.37. The zero-order chi connectivity index (χ0) is 16.4. The lowest BCUT2D eigenvalue weighted by atomic mass is 10.3. The average Bonchev–Trinajstić information content (AvgIpc) is 2.34. The molecule has 0 saturated heterocycles. The molecule has 118 valence electrons. The third kappa shape index (κ3) is 4.29. The molecule has 0 bridgehead atoms. The predicted octanol–water partition coefficient (Wildman–Crippen LogP) is 1.75. The Hall–Kier alpha value is -1.88. The van der Waals surface area contributed by atoms with Gasteiger partial charge >= 0.3 is 6.18 Å². The van der Waals surface area contributed by atoms with Crippen molar-refractivity contribution in [1.82, 2.24) is 4.31 Å². The molecule has 0 radical (unpaired) electrons. The fraction of sp³-hybridized carbons (Fsp3) is 0.400. The Bertz CT molecular complexity index is 645. The van der Waals surface area contributed by atoms with Crippen LogP contribution < -0.4 is 5.73 Å². The van der Waals surface area contributed by atoms with Crippen LogP contribution in [0.2, 0.25) is 0 Å². The molecule has 0 fully saturated rings. The number of hydrogen-bond donors (Lipinski definition) is 1. The maximum Gasteiger partial charge on any atom is 0.390 e. The molecule has 0 atom stereocenters. The van der Waals surface area contributed by atoms with Crippen molar-refractivity contribution in [2.24, 2.45) is 0 Å². The molecule has 0 spiro atoms. The van der Waals surface area contributed by atoms with E-state index in [1.807, 2.05) is 0 Å². The summed E-state index contributed by atoms with van der Waals surface area (Å²) in [6, 6.07) is 2.66. The highest BCUT2D eigenvalue weighted by Gasteiger charge is 2.30. The first-order chi connectivity index (χ1) is 9.45. The van der Waals surface area contributed by atoms with E-state index >= 15 is 0 Å². The Morgan fingerprint density at radius 1 is 1.38 bits per heavy atom. The number of alkyl halides is 3. The number of nitrogens with two attached hydrogens (primary N) is 1. The highest BCUT2D eigenvalue weighted by Crippen LogP contribution is 2.27. The number of sulfonamides is 1. The molecule has 11 heteroatoms. The second kappa shape index (κ2) is 5.85. The van der Waals surface area contributed by atoms with Crippen LogP contribution in [0, 0.1) is 10.1 Å². The van der Waals surface area contributed by atoms with Gasteiger partial charge in [0.1, 0.15) is 5.69 Å². The molecule has 0 aromatic heterocycles. The highest BCUT2D eigenvalue weighted by atomic mass is 32.2. The van der Waals surface area contributed by atoms with E-state index in [4.69, 9.17) is 5.73 Å². The molecular weight excluding hydrogens is 315 g/mol. The lowest BCUT2D eigenvalue weighted by molar-refractivity contribution is -0.383. The van der Waals surface area contributed by atoms with Gasteiger partial charge in [-0.25, -0.2) is 12.7 Å². The van der Waals surface area contributed by atoms with Gasteiger partial charge in [-0.05, 0) is 12.1 Å². The number of nitro benzene ring substituents is 1. The Balaban J connectivity index is 3.03. The summed E-state index contributed by atoms with van der Waals surface area (Å²) in [5.74, 6) is 0. The Morgan fingerprint density at radius 2 is 1.95 bits per heavy atom. The van der Waals surface area contributed by atoms with Gasteiger partial charge in [-0.15, -0.1) is 0 Å². The van der Waals surface area contributed by atoms with E-state index in [2.05, 4.69) is 0 Å². The summed E-state index contributed by atoms with van der Waals surface area (Å²) >= 11 is 0. The second-order valence-corrected chi connectivity index (χ2v) is 6.21. The zero-order valence-corrected chi connectivity index (χ0v) is 11.6. The molecule has 0 aliphatic carbocycles. The lowest BCUT2D eigenvalue weighted by Gasteiger charge is -2.18. The second-order valence-electron chi connectivity index (χ2n) is 4.17. The van der Waals surface area contributed by atoms with Crippen molar-refractivity contribution >= 4 is 21.4 Å². The predicted molar refractivity (Wildman–Crippen MR) is 68.0 cm³/mol. The van der Waals surface area contributed by atoms with Gasteiger partial charge in [-0.2, -0.15) is 13.2 Å². The molecule has 2 N–H and O–H groups in total. The van der Waals surface area contributed by atoms with Crippen LogP contribution in [0.3, 0.4) is 0 Å². The number of rotatable bonds is 5. The summed E-state index contributed by atoms with van der Waals surface area (Å²) in [7, 11) is -3.21. The number of anilines is 1. The summed E-state index contributed by atoms with van der Waals surface area (Å²) in [6.07, 6.45) is -5.79. The molecule has 1 aromatic carbocycles. The lowest BCUT2D eigenvalue weighted by Crippen LogP contribution is -2.30. The van der Waals surface area contributed by atoms with E-state index < -0.39 is 44.7 Å². The van der Waals surface area contributed by atoms with Crippen LogP contribution >= 0.6 is 0 Å². The fourth-order valence-corrected chi connectivity index (χ4v) is 2.65. The quantitative estimate of drug-likeness (QED) is 0.504. The van der Waals surface area contributed by atoms with Crippen LogP contribution in [-0.2, 0) is 10.0 Å². The number of benzene rings is 1. The molecule has 1 aromatic rings. The Morgan fingerprint density at radius 3 is 2.38 bits per heavy atom. The minimum absolute atomic E-state index is 0.384. The van der Waals surface area contributed by atoms with Gasteiger partial charge in [-0.3, -0.25) is 10.1 Å². The van der Waals surface area contributed by atoms with Crippen molar-refractivity contribution in [1.29, 1.82) is 0 Å². The largest absolute Gasteiger partial charge is 0.393 e. The van der Waals surface area contributed by atoms with Gasteiger partial charge in [0.25, 0.3) is 5.69 Å². The van der Waals surface area contributed by atoms with E-state index in [-0.39, 0.29) is 5.69 Å². The topological polar surface area (TPSA) is 107 Å². The van der Waals surface area contributed by atoms with E-state index in [1.54, 1.807) is 0 Å². The molecule has 0 amide bonds. The monoisotopic (exact) mass is 327 g/mol. The molecule has 0 heterocycles. The number of halogens is 3. The van der Waals surface area contributed by atoms with E-state index in [0.29, 0.717) is 4.31 Å². The normalized spacial score (nSPS) is 12.6. The third-order valence-electron chi connectivity index (χ3n) is 2.61. The van der Waals surface area contributed by atoms with Gasteiger partial charge in [-0.1, -0.05) is 0 Å². The molecule has 1 rings (SSSR count). The maximum atomic E-state index is 12.1. The van der Waals surface area contributed by atoms with Crippen molar-refractivity contribution in [3.8, 4) is 0 Å². The van der Waals surface area contributed by atoms with Gasteiger partial charge < -0.3 is 5.73 Å². The first kappa shape index (κ1) is 17.2. The van der Waals surface area contributed by atoms with Gasteiger partial charge in [0.15, 0.2) is 0 Å². The Labute approximate surface area is 118 Å². The molecule has 0 unspecified atom stereocenters. The molecule has 7 nitrogen and oxygen atoms in total. The van der Waals surface area contributed by atoms with Crippen LogP contribution in [-0.4, -0.2) is 37.4 Å². The zero-order valence-electron chi connectivity index (χ0n) is 10.8. The standard InChI is InChI=1S/C10H12F3N3O4S/c1-15(5-4-10(11,12)13)21(19,20)7-2-3-9(16(17)18)8(14)6-7/h2-3,6H,4-5,14H2,1H3. The van der Waals surface area contributed by atoms with Crippen LogP contribution in [0.1, 0.15) is 6.42 Å². The molecule has 21 heavy (non-hydrogen) atoms. The first-order valence-corrected chi connectivity index (χ1v) is 6.96. The SMILES string of the molecule is CN(CCC(F)(F)F)S(=O)(=O)c1ccc([N+](=O)[O-])c(N)c1. The van der Waals surface area contributed by atoms with Crippen molar-refractivity contribution in [3.63, 3.8) is 0 Å². The molecular formula is C10H12F3N3O4S. The van der Waals surface area contributed by atoms with Gasteiger partial charge in [0.2, 0.25) is 10.0 Å². The molecule has 0 saturated carbocycles. The summed E-state index contributed by atoms with van der Waals surface area (Å²) < 4.78 is 60.8. The van der Waals surface area contributed by atoms with E-state index in [1.165, 1.54) is 0 Å². The minimum atomic E-state index is -4.49. The van der Waals surface area contributed by atoms with E-state index in [0.717, 1.165) is 25.2 Å². The number of nitrogens with zero attached hydrogens (tertiary/aromatic N) is 2. The first-order valence-electron chi connectivity index (χ1n) is 5.52. The van der Waals surface area contributed by atoms with Crippen molar-refractivity contribution in [3.05, 3.63) is 28.3 Å². The van der Waals surface area contributed by atoms with E-state index in [9.17, 15) is 31.7 Å². The maximum absolute atomic E-state index is 12.1. The average molecular weight is 327 g/mol. The molecule has 0 aliphatic rings. The fourth-order valence-electron chi connectivity index (χ4n) is 1.44. The summed E-state index contributed by atoms with van der Waals surface area (Å²) in [6.45, 7) is -0.761. The van der Waals surface area contributed by atoms with Crippen LogP contribution in [0.25, 0.3) is 0 Å². The summed E-state index contributed by atoms with van der Waals surface area (Å²) in [5.41, 5.74) is 4.49. The third-order valence-corrected chi connectivity index (χ3v) is 4.47. The van der Waals surface area contributed by atoms with Crippen LogP contribution in [0.4, 0.5) is 24.5 Å². The van der Waals surface area contributed by atoms with Crippen LogP contribution in [0.15, 0.2) is 23.1 Å². The van der Waals surface area contributed by atoms with Crippen molar-refractivity contribution in [2.45, 2.75) is 17.5 Å². The Kier molecular flexibility index (Phi) is 4.79. The smallest absolute Gasteiger partial charge is 0.390 e. The van der Waals surface area contributed by atoms with Crippen molar-refractivity contribution in [2.75, 3.05) is 19.3 Å². The van der Waals surface area contributed by atoms with Crippen molar-refractivity contribution < 1.29 is 26.5 Å². The number of nitrogen functional groups attached to an aromatic ring is 1. The van der Waals surface area contributed by atoms with Crippen LogP contribution in [0.5, 0.6) is 0 Å². The highest BCUT2D eigenvalue weighted by molar-refractivity contribution is 7.89.